The van der Waals surface area contributed by atoms with Gasteiger partial charge in [-0.25, -0.2) is 0 Å². The number of carbonyl (C=O) groups excluding carboxylic acids is 1. The Morgan fingerprint density at radius 3 is 2.65 bits per heavy atom. The van der Waals surface area contributed by atoms with Gasteiger partial charge in [-0.2, -0.15) is 0 Å². The lowest BCUT2D eigenvalue weighted by molar-refractivity contribution is -0.122. The summed E-state index contributed by atoms with van der Waals surface area (Å²) in [4.78, 5) is 11.4. The van der Waals surface area contributed by atoms with Gasteiger partial charge >= 0.3 is 0 Å². The van der Waals surface area contributed by atoms with E-state index >= 15 is 0 Å². The topological polar surface area (TPSA) is 64.4 Å². The molecular weight excluding hydrogens is 252 g/mol. The minimum Gasteiger partial charge on any atom is -0.497 e. The van der Waals surface area contributed by atoms with Crippen molar-refractivity contribution < 1.29 is 9.53 Å². The molecule has 0 aromatic heterocycles. The van der Waals surface area contributed by atoms with Crippen LogP contribution < -0.4 is 11.1 Å². The average molecular weight is 274 g/mol. The molecule has 4 heteroatoms. The standard InChI is InChI=1S/C16H22N2O2/c1-16(2,15(17)19)12-6-8-13(9-7-12)18-11-14-5-3-4-10-20-14/h4,6-10,14,18H,3,5,11H2,1-2H3,(H2,17,19). The Kier molecular flexibility index (Phi) is 4.32. The molecule has 0 spiro atoms. The average Bonchev–Trinajstić information content (AvgIpc) is 2.46. The number of carbonyl (C=O) groups is 1. The van der Waals surface area contributed by atoms with Gasteiger partial charge in [0.05, 0.1) is 18.2 Å². The van der Waals surface area contributed by atoms with Gasteiger partial charge in [-0.05, 0) is 50.5 Å². The lowest BCUT2D eigenvalue weighted by Gasteiger charge is -2.22. The van der Waals surface area contributed by atoms with Gasteiger partial charge < -0.3 is 15.8 Å². The SMILES string of the molecule is CC(C)(C(N)=O)c1ccc(NCC2CCC=CO2)cc1. The van der Waals surface area contributed by atoms with E-state index in [1.54, 1.807) is 6.26 Å². The summed E-state index contributed by atoms with van der Waals surface area (Å²) < 4.78 is 5.50. The molecule has 1 aliphatic heterocycles. The lowest BCUT2D eigenvalue weighted by atomic mass is 9.84. The van der Waals surface area contributed by atoms with Gasteiger partial charge in [-0.15, -0.1) is 0 Å². The Labute approximate surface area is 120 Å². The van der Waals surface area contributed by atoms with Crippen LogP contribution in [0.1, 0.15) is 32.3 Å². The number of nitrogens with one attached hydrogen (secondary N) is 1. The summed E-state index contributed by atoms with van der Waals surface area (Å²) in [5.74, 6) is -0.319. The summed E-state index contributed by atoms with van der Waals surface area (Å²) in [6.45, 7) is 4.45. The van der Waals surface area contributed by atoms with E-state index in [1.807, 2.05) is 44.2 Å². The third-order valence-corrected chi connectivity index (χ3v) is 3.78. The molecule has 4 nitrogen and oxygen atoms in total. The maximum Gasteiger partial charge on any atom is 0.227 e. The van der Waals surface area contributed by atoms with E-state index in [0.29, 0.717) is 0 Å². The van der Waals surface area contributed by atoms with Gasteiger partial charge in [0.1, 0.15) is 6.10 Å². The molecule has 0 fully saturated rings. The predicted molar refractivity (Wildman–Crippen MR) is 80.4 cm³/mol. The molecule has 1 amide bonds. The van der Waals surface area contributed by atoms with Crippen LogP contribution in [0.2, 0.25) is 0 Å². The maximum absolute atomic E-state index is 11.4. The number of nitrogens with two attached hydrogens (primary N) is 1. The molecule has 0 bridgehead atoms. The summed E-state index contributed by atoms with van der Waals surface area (Å²) in [7, 11) is 0. The highest BCUT2D eigenvalue weighted by Gasteiger charge is 2.26. The van der Waals surface area contributed by atoms with Crippen LogP contribution in [0.15, 0.2) is 36.6 Å². The van der Waals surface area contributed by atoms with E-state index in [-0.39, 0.29) is 12.0 Å². The summed E-state index contributed by atoms with van der Waals surface area (Å²) in [5.41, 5.74) is 6.72. The van der Waals surface area contributed by atoms with Crippen molar-refractivity contribution in [3.05, 3.63) is 42.2 Å². The molecule has 1 unspecified atom stereocenters. The van der Waals surface area contributed by atoms with E-state index in [1.165, 1.54) is 0 Å². The zero-order chi connectivity index (χ0) is 14.6. The van der Waals surface area contributed by atoms with Crippen LogP contribution >= 0.6 is 0 Å². The molecule has 108 valence electrons. The summed E-state index contributed by atoms with van der Waals surface area (Å²) in [5, 5.41) is 3.35. The number of anilines is 1. The monoisotopic (exact) mass is 274 g/mol. The molecule has 0 saturated carbocycles. The number of hydrogen-bond acceptors (Lipinski definition) is 3. The first-order chi connectivity index (χ1) is 9.50. The Morgan fingerprint density at radius 2 is 2.10 bits per heavy atom. The van der Waals surface area contributed by atoms with Crippen molar-refractivity contribution in [2.45, 2.75) is 38.2 Å². The molecule has 0 radical (unpaired) electrons. The molecule has 0 aliphatic carbocycles. The molecule has 1 atom stereocenters. The van der Waals surface area contributed by atoms with E-state index < -0.39 is 5.41 Å². The van der Waals surface area contributed by atoms with Gasteiger partial charge in [0, 0.05) is 5.69 Å². The van der Waals surface area contributed by atoms with Crippen molar-refractivity contribution in [3.63, 3.8) is 0 Å². The van der Waals surface area contributed by atoms with Crippen LogP contribution in [-0.4, -0.2) is 18.6 Å². The fourth-order valence-electron chi connectivity index (χ4n) is 2.11. The number of allylic oxidation sites excluding steroid dienone is 1. The smallest absolute Gasteiger partial charge is 0.227 e. The predicted octanol–water partition coefficient (Wildman–Crippen LogP) is 2.55. The molecule has 1 aliphatic rings. The first-order valence-electron chi connectivity index (χ1n) is 6.95. The third-order valence-electron chi connectivity index (χ3n) is 3.78. The van der Waals surface area contributed by atoms with Crippen molar-refractivity contribution in [1.29, 1.82) is 0 Å². The molecule has 1 aromatic carbocycles. The summed E-state index contributed by atoms with van der Waals surface area (Å²) in [6.07, 6.45) is 6.14. The first-order valence-corrected chi connectivity index (χ1v) is 6.95. The molecule has 20 heavy (non-hydrogen) atoms. The van der Waals surface area contributed by atoms with E-state index in [2.05, 4.69) is 5.32 Å². The second kappa shape index (κ2) is 5.99. The minimum absolute atomic E-state index is 0.224. The van der Waals surface area contributed by atoms with Gasteiger partial charge in [0.2, 0.25) is 5.91 Å². The Hall–Kier alpha value is -1.97. The molecule has 2 rings (SSSR count). The molecule has 3 N–H and O–H groups in total. The van der Waals surface area contributed by atoms with E-state index in [9.17, 15) is 4.79 Å². The zero-order valence-electron chi connectivity index (χ0n) is 12.1. The highest BCUT2D eigenvalue weighted by atomic mass is 16.5. The quantitative estimate of drug-likeness (QED) is 0.867. The Balaban J connectivity index is 1.94. The molecular formula is C16H22N2O2. The number of amides is 1. The Bertz CT molecular complexity index is 492. The van der Waals surface area contributed by atoms with Crippen molar-refractivity contribution in [2.75, 3.05) is 11.9 Å². The highest BCUT2D eigenvalue weighted by molar-refractivity contribution is 5.85. The molecule has 1 aromatic rings. The van der Waals surface area contributed by atoms with Crippen LogP contribution in [0.5, 0.6) is 0 Å². The fourth-order valence-corrected chi connectivity index (χ4v) is 2.11. The largest absolute Gasteiger partial charge is 0.497 e. The number of rotatable bonds is 5. The second-order valence-electron chi connectivity index (χ2n) is 5.65. The van der Waals surface area contributed by atoms with Gasteiger partial charge in [-0.3, -0.25) is 4.79 Å². The third kappa shape index (κ3) is 3.32. The van der Waals surface area contributed by atoms with Crippen molar-refractivity contribution in [2.24, 2.45) is 5.73 Å². The van der Waals surface area contributed by atoms with Crippen LogP contribution in [0.4, 0.5) is 5.69 Å². The maximum atomic E-state index is 11.4. The highest BCUT2D eigenvalue weighted by Crippen LogP contribution is 2.24. The summed E-state index contributed by atoms with van der Waals surface area (Å²) >= 11 is 0. The van der Waals surface area contributed by atoms with Crippen LogP contribution in [0.3, 0.4) is 0 Å². The van der Waals surface area contributed by atoms with Gasteiger partial charge in [0.25, 0.3) is 0 Å². The fraction of sp³-hybridized carbons (Fsp3) is 0.438. The van der Waals surface area contributed by atoms with Crippen LogP contribution in [0.25, 0.3) is 0 Å². The normalized spacial score (nSPS) is 18.4. The van der Waals surface area contributed by atoms with Crippen molar-refractivity contribution in [3.8, 4) is 0 Å². The molecule has 0 saturated heterocycles. The van der Waals surface area contributed by atoms with E-state index in [0.717, 1.165) is 30.6 Å². The van der Waals surface area contributed by atoms with Crippen molar-refractivity contribution in [1.82, 2.24) is 0 Å². The van der Waals surface area contributed by atoms with Crippen LogP contribution in [-0.2, 0) is 14.9 Å². The number of ether oxygens (including phenoxy) is 1. The van der Waals surface area contributed by atoms with Gasteiger partial charge in [-0.1, -0.05) is 12.1 Å². The van der Waals surface area contributed by atoms with E-state index in [4.69, 9.17) is 10.5 Å². The second-order valence-corrected chi connectivity index (χ2v) is 5.65. The zero-order valence-corrected chi connectivity index (χ0v) is 12.1. The van der Waals surface area contributed by atoms with Crippen LogP contribution in [0, 0.1) is 0 Å². The number of primary amides is 1. The molecule has 1 heterocycles. The minimum atomic E-state index is -0.643. The first kappa shape index (κ1) is 14.4. The lowest BCUT2D eigenvalue weighted by Crippen LogP contribution is -2.35. The van der Waals surface area contributed by atoms with Crippen molar-refractivity contribution >= 4 is 11.6 Å². The number of benzene rings is 1. The Morgan fingerprint density at radius 1 is 1.40 bits per heavy atom. The summed E-state index contributed by atoms with van der Waals surface area (Å²) in [6, 6.07) is 7.82. The number of hydrogen-bond donors (Lipinski definition) is 2. The van der Waals surface area contributed by atoms with Gasteiger partial charge in [0.15, 0.2) is 0 Å².